The van der Waals surface area contributed by atoms with E-state index in [0.717, 1.165) is 22.3 Å². The zero-order valence-electron chi connectivity index (χ0n) is 33.3. The summed E-state index contributed by atoms with van der Waals surface area (Å²) in [5, 5.41) is 12.1. The molecule has 3 heterocycles. The Morgan fingerprint density at radius 1 is 0.617 bits per heavy atom. The van der Waals surface area contributed by atoms with Crippen LogP contribution in [0.1, 0.15) is 38.9 Å². The number of methoxy groups -OCH3 is 1. The van der Waals surface area contributed by atoms with Gasteiger partial charge in [-0.25, -0.2) is 4.79 Å². The molecular formula is C48H50O12. The number of rotatable bonds is 16. The summed E-state index contributed by atoms with van der Waals surface area (Å²) in [6, 6.07) is 47.3. The number of esters is 1. The Morgan fingerprint density at radius 2 is 1.17 bits per heavy atom. The Labute approximate surface area is 349 Å². The number of ether oxygens (including phenoxy) is 10. The van der Waals surface area contributed by atoms with Gasteiger partial charge in [0.15, 0.2) is 25.0 Å². The maximum atomic E-state index is 14.0. The van der Waals surface area contributed by atoms with E-state index >= 15 is 0 Å². The van der Waals surface area contributed by atoms with Crippen LogP contribution in [-0.2, 0) is 67.2 Å². The molecule has 3 aliphatic heterocycles. The van der Waals surface area contributed by atoms with E-state index in [9.17, 15) is 9.90 Å². The first-order valence-corrected chi connectivity index (χ1v) is 20.2. The highest BCUT2D eigenvalue weighted by Gasteiger charge is 2.55. The summed E-state index contributed by atoms with van der Waals surface area (Å²) in [6.45, 7) is 0.842. The second kappa shape index (κ2) is 20.6. The molecule has 314 valence electrons. The van der Waals surface area contributed by atoms with Gasteiger partial charge in [-0.05, 0) is 28.8 Å². The van der Waals surface area contributed by atoms with Crippen LogP contribution in [0, 0.1) is 0 Å². The van der Waals surface area contributed by atoms with E-state index in [1.165, 1.54) is 7.11 Å². The van der Waals surface area contributed by atoms with Crippen molar-refractivity contribution in [3.8, 4) is 0 Å². The molecule has 0 radical (unpaired) electrons. The van der Waals surface area contributed by atoms with Gasteiger partial charge in [0.2, 0.25) is 0 Å². The van der Waals surface area contributed by atoms with Gasteiger partial charge in [0.25, 0.3) is 0 Å². The van der Waals surface area contributed by atoms with Crippen molar-refractivity contribution in [2.45, 2.75) is 87.5 Å². The van der Waals surface area contributed by atoms with Crippen molar-refractivity contribution in [1.29, 1.82) is 0 Å². The van der Waals surface area contributed by atoms with Crippen molar-refractivity contribution >= 4 is 5.97 Å². The lowest BCUT2D eigenvalue weighted by atomic mass is 9.96. The van der Waals surface area contributed by atoms with Gasteiger partial charge in [-0.15, -0.1) is 0 Å². The molecule has 1 unspecified atom stereocenters. The van der Waals surface area contributed by atoms with Crippen molar-refractivity contribution in [1.82, 2.24) is 0 Å². The highest BCUT2D eigenvalue weighted by atomic mass is 16.8. The predicted molar refractivity (Wildman–Crippen MR) is 217 cm³/mol. The third-order valence-electron chi connectivity index (χ3n) is 10.7. The lowest BCUT2D eigenvalue weighted by molar-refractivity contribution is -0.393. The van der Waals surface area contributed by atoms with Crippen molar-refractivity contribution in [3.05, 3.63) is 179 Å². The summed E-state index contributed by atoms with van der Waals surface area (Å²) >= 11 is 0. The van der Waals surface area contributed by atoms with Crippen molar-refractivity contribution in [3.63, 3.8) is 0 Å². The maximum Gasteiger partial charge on any atom is 0.338 e. The van der Waals surface area contributed by atoms with Crippen molar-refractivity contribution < 1.29 is 57.3 Å². The predicted octanol–water partition coefficient (Wildman–Crippen LogP) is 6.56. The first-order chi connectivity index (χ1) is 29.5. The molecule has 0 amide bonds. The van der Waals surface area contributed by atoms with E-state index in [0.29, 0.717) is 12.2 Å². The first kappa shape index (κ1) is 41.9. The first-order valence-electron chi connectivity index (χ1n) is 20.2. The minimum atomic E-state index is -1.34. The molecule has 60 heavy (non-hydrogen) atoms. The second-order valence-corrected chi connectivity index (χ2v) is 14.8. The van der Waals surface area contributed by atoms with Crippen LogP contribution >= 0.6 is 0 Å². The summed E-state index contributed by atoms with van der Waals surface area (Å²) in [7, 11) is 1.46. The van der Waals surface area contributed by atoms with E-state index < -0.39 is 73.7 Å². The minimum Gasteiger partial charge on any atom is -0.450 e. The molecule has 0 bridgehead atoms. The molecule has 3 aliphatic rings. The van der Waals surface area contributed by atoms with Crippen LogP contribution in [0.4, 0.5) is 0 Å². The molecule has 0 aromatic heterocycles. The number of carbonyl (C=O) groups excluding carboxylic acids is 1. The Hall–Kier alpha value is -4.83. The largest absolute Gasteiger partial charge is 0.450 e. The van der Waals surface area contributed by atoms with Crippen LogP contribution in [0.3, 0.4) is 0 Å². The van der Waals surface area contributed by atoms with Crippen LogP contribution in [0.2, 0.25) is 0 Å². The molecule has 1 N–H and O–H groups in total. The molecule has 3 fully saturated rings. The molecule has 0 aliphatic carbocycles. The SMILES string of the molecule is CO[C@@H]1O[C@@H]2COC(c3ccccc3)O[C@H]2[C@H](O)[C@H]1O[C@@H]1O[C@H](COCc2ccccc2)[C@@H](OCc2ccccc2)[C@H](OCc2ccccc2)[C@H]1OC(=O)c1ccccc1. The van der Waals surface area contributed by atoms with Gasteiger partial charge in [-0.1, -0.05) is 140 Å². The van der Waals surface area contributed by atoms with Crippen LogP contribution in [-0.4, -0.2) is 92.8 Å². The standard InChI is InChI=1S/C48H50O12/c1-51-47-42(39(49)40-38(56-47)31-55-46(59-40)36-25-15-6-16-26-36)60-48-44(58-45(50)35-23-13-5-14-24-35)43(54-29-34-21-11-4-12-22-34)41(53-28-33-19-9-3-10-20-33)37(57-48)30-52-27-32-17-7-2-8-18-32/h2-26,37-44,46-49H,27-31H2,1H3/t37-,38-,39+,40-,41-,42-,43+,44-,46?,47-,48+/m1/s1. The topological polar surface area (TPSA) is 130 Å². The van der Waals surface area contributed by atoms with Gasteiger partial charge in [0.1, 0.15) is 42.7 Å². The Kier molecular flexibility index (Phi) is 14.4. The number of aliphatic hydroxyl groups excluding tert-OH is 1. The molecule has 8 rings (SSSR count). The fourth-order valence-corrected chi connectivity index (χ4v) is 7.64. The van der Waals surface area contributed by atoms with E-state index in [4.69, 9.17) is 47.4 Å². The third kappa shape index (κ3) is 10.4. The van der Waals surface area contributed by atoms with Crippen LogP contribution in [0.15, 0.2) is 152 Å². The summed E-state index contributed by atoms with van der Waals surface area (Å²) in [5.74, 6) is -0.631. The second-order valence-electron chi connectivity index (χ2n) is 14.8. The number of hydrogen-bond acceptors (Lipinski definition) is 12. The van der Waals surface area contributed by atoms with Crippen molar-refractivity contribution in [2.24, 2.45) is 0 Å². The van der Waals surface area contributed by atoms with E-state index in [1.807, 2.05) is 127 Å². The van der Waals surface area contributed by atoms with Crippen LogP contribution < -0.4 is 0 Å². The third-order valence-corrected chi connectivity index (χ3v) is 10.7. The van der Waals surface area contributed by atoms with E-state index in [1.54, 1.807) is 24.3 Å². The van der Waals surface area contributed by atoms with Gasteiger partial charge < -0.3 is 52.5 Å². The monoisotopic (exact) mass is 818 g/mol. The quantitative estimate of drug-likeness (QED) is 0.108. The smallest absolute Gasteiger partial charge is 0.338 e. The summed E-state index contributed by atoms with van der Waals surface area (Å²) in [4.78, 5) is 14.0. The number of fused-ring (bicyclic) bond motifs is 1. The molecule has 11 atom stereocenters. The molecule has 12 nitrogen and oxygen atoms in total. The molecular weight excluding hydrogens is 769 g/mol. The Balaban J connectivity index is 1.13. The average Bonchev–Trinajstić information content (AvgIpc) is 3.31. The molecule has 5 aromatic carbocycles. The minimum absolute atomic E-state index is 0.0556. The maximum absolute atomic E-state index is 14.0. The lowest BCUT2D eigenvalue weighted by Gasteiger charge is -2.50. The average molecular weight is 819 g/mol. The summed E-state index contributed by atoms with van der Waals surface area (Å²) < 4.78 is 64.2. The van der Waals surface area contributed by atoms with Crippen LogP contribution in [0.25, 0.3) is 0 Å². The Morgan fingerprint density at radius 3 is 1.77 bits per heavy atom. The number of benzene rings is 5. The van der Waals surface area contributed by atoms with Gasteiger partial charge in [-0.2, -0.15) is 0 Å². The van der Waals surface area contributed by atoms with Gasteiger partial charge >= 0.3 is 5.97 Å². The molecule has 0 saturated carbocycles. The zero-order valence-corrected chi connectivity index (χ0v) is 33.3. The lowest BCUT2D eigenvalue weighted by Crippen LogP contribution is -2.67. The Bertz CT molecular complexity index is 2030. The van der Waals surface area contributed by atoms with Gasteiger partial charge in [0.05, 0.1) is 38.6 Å². The molecule has 5 aromatic rings. The van der Waals surface area contributed by atoms with E-state index in [-0.39, 0.29) is 26.4 Å². The number of aliphatic hydroxyl groups is 1. The van der Waals surface area contributed by atoms with Gasteiger partial charge in [0, 0.05) is 12.7 Å². The molecule has 3 saturated heterocycles. The molecule has 0 spiro atoms. The highest BCUT2D eigenvalue weighted by molar-refractivity contribution is 5.89. The van der Waals surface area contributed by atoms with Crippen LogP contribution in [0.5, 0.6) is 0 Å². The highest BCUT2D eigenvalue weighted by Crippen LogP contribution is 2.38. The summed E-state index contributed by atoms with van der Waals surface area (Å²) in [6.07, 6.45) is -11.0. The number of hydrogen-bond donors (Lipinski definition) is 1. The fraction of sp³-hybridized carbons (Fsp3) is 0.354. The normalized spacial score (nSPS) is 29.0. The van der Waals surface area contributed by atoms with E-state index in [2.05, 4.69) is 0 Å². The fourth-order valence-electron chi connectivity index (χ4n) is 7.64. The van der Waals surface area contributed by atoms with Gasteiger partial charge in [-0.3, -0.25) is 0 Å². The van der Waals surface area contributed by atoms with Crippen molar-refractivity contribution in [2.75, 3.05) is 20.3 Å². The number of carbonyl (C=O) groups is 1. The zero-order chi connectivity index (χ0) is 41.1. The summed E-state index contributed by atoms with van der Waals surface area (Å²) in [5.41, 5.74) is 3.88. The molecule has 12 heteroatoms.